The Morgan fingerprint density at radius 1 is 1.36 bits per heavy atom. The summed E-state index contributed by atoms with van der Waals surface area (Å²) in [6.45, 7) is 0.361. The highest BCUT2D eigenvalue weighted by atomic mass is 32.2. The average molecular weight is 333 g/mol. The fraction of sp³-hybridized carbons (Fsp3) is 0.312. The molecule has 1 aliphatic rings. The second-order valence-electron chi connectivity index (χ2n) is 4.73. The topological polar surface area (TPSA) is 57.6 Å². The summed E-state index contributed by atoms with van der Waals surface area (Å²) < 4.78 is 0.516. The van der Waals surface area contributed by atoms with Crippen molar-refractivity contribution in [1.29, 1.82) is 0 Å². The lowest BCUT2D eigenvalue weighted by atomic mass is 10.2. The quantitative estimate of drug-likeness (QED) is 0.663. The predicted molar refractivity (Wildman–Crippen MR) is 90.5 cm³/mol. The van der Waals surface area contributed by atoms with Gasteiger partial charge in [0, 0.05) is 24.9 Å². The van der Waals surface area contributed by atoms with Gasteiger partial charge < -0.3 is 5.11 Å². The zero-order valence-corrected chi connectivity index (χ0v) is 13.5. The molecule has 22 heavy (non-hydrogen) atoms. The Kier molecular flexibility index (Phi) is 5.99. The first-order valence-corrected chi connectivity index (χ1v) is 8.14. The molecule has 114 valence electrons. The average Bonchev–Trinajstić information content (AvgIpc) is 2.76. The third-order valence-electron chi connectivity index (χ3n) is 3.07. The Balaban J connectivity index is 1.89. The van der Waals surface area contributed by atoms with Crippen LogP contribution in [-0.2, 0) is 9.59 Å². The van der Waals surface area contributed by atoms with Crippen molar-refractivity contribution in [3.05, 3.63) is 35.9 Å². The number of thioether (sulfide) groups is 1. The monoisotopic (exact) mass is 333 g/mol. The number of thiocarbonyl (C=S) groups is 1. The van der Waals surface area contributed by atoms with Crippen LogP contribution >= 0.6 is 24.0 Å². The van der Waals surface area contributed by atoms with Crippen LogP contribution in [0.1, 0.15) is 24.8 Å². The first kappa shape index (κ1) is 16.5. The number of carbonyl (C=O) groups is 2. The summed E-state index contributed by atoms with van der Waals surface area (Å²) in [5, 5.41) is 8.35. The number of benzene rings is 1. The molecule has 1 saturated heterocycles. The van der Waals surface area contributed by atoms with Gasteiger partial charge in [-0.15, -0.1) is 0 Å². The minimum Gasteiger partial charge on any atom is -0.481 e. The second kappa shape index (κ2) is 7.97. The van der Waals surface area contributed by atoms with Gasteiger partial charge in [0.2, 0.25) is 5.91 Å². The molecule has 1 atom stereocenters. The molecule has 1 aromatic rings. The smallest absolute Gasteiger partial charge is 0.303 e. The van der Waals surface area contributed by atoms with Gasteiger partial charge in [0.1, 0.15) is 9.57 Å². The van der Waals surface area contributed by atoms with E-state index < -0.39 is 5.97 Å². The van der Waals surface area contributed by atoms with E-state index in [1.165, 1.54) is 16.7 Å². The fourth-order valence-electron chi connectivity index (χ4n) is 1.99. The Hall–Kier alpha value is -1.84. The maximum atomic E-state index is 12.2. The normalized spacial score (nSPS) is 17.3. The maximum absolute atomic E-state index is 12.2. The van der Waals surface area contributed by atoms with Crippen molar-refractivity contribution in [2.45, 2.75) is 24.5 Å². The molecule has 0 spiro atoms. The number of carboxylic acid groups (broad SMARTS) is 1. The molecule has 0 aliphatic carbocycles. The van der Waals surface area contributed by atoms with E-state index in [2.05, 4.69) is 11.8 Å². The largest absolute Gasteiger partial charge is 0.481 e. The molecule has 1 unspecified atom stereocenters. The highest BCUT2D eigenvalue weighted by Crippen LogP contribution is 2.29. The highest BCUT2D eigenvalue weighted by molar-refractivity contribution is 8.24. The molecule has 1 N–H and O–H groups in total. The lowest BCUT2D eigenvalue weighted by Gasteiger charge is -2.14. The van der Waals surface area contributed by atoms with Crippen molar-refractivity contribution in [3.63, 3.8) is 0 Å². The van der Waals surface area contributed by atoms with Crippen LogP contribution in [0, 0.1) is 11.8 Å². The lowest BCUT2D eigenvalue weighted by molar-refractivity contribution is -0.137. The molecule has 2 rings (SSSR count). The molecule has 1 heterocycles. The van der Waals surface area contributed by atoms with Crippen molar-refractivity contribution in [2.24, 2.45) is 0 Å². The molecule has 1 aromatic carbocycles. The number of nitrogens with zero attached hydrogens (tertiary/aromatic N) is 1. The predicted octanol–water partition coefficient (Wildman–Crippen LogP) is 2.52. The lowest BCUT2D eigenvalue weighted by Crippen LogP contribution is -2.32. The summed E-state index contributed by atoms with van der Waals surface area (Å²) in [5.41, 5.74) is 0.916. The van der Waals surface area contributed by atoms with Gasteiger partial charge in [-0.25, -0.2) is 0 Å². The number of aliphatic carboxylic acids is 1. The third-order valence-corrected chi connectivity index (χ3v) is 4.66. The Morgan fingerprint density at radius 2 is 2.09 bits per heavy atom. The zero-order chi connectivity index (χ0) is 15.9. The molecule has 0 aromatic heterocycles. The number of carbonyl (C=O) groups excluding carboxylic acids is 1. The summed E-state index contributed by atoms with van der Waals surface area (Å²) in [6.07, 6.45) is 0.883. The first-order valence-electron chi connectivity index (χ1n) is 6.85. The van der Waals surface area contributed by atoms with E-state index in [0.717, 1.165) is 5.56 Å². The number of amides is 1. The zero-order valence-electron chi connectivity index (χ0n) is 11.8. The van der Waals surface area contributed by atoms with Crippen LogP contribution in [-0.4, -0.2) is 38.0 Å². The van der Waals surface area contributed by atoms with E-state index in [1.807, 2.05) is 30.3 Å². The molecule has 4 nitrogen and oxygen atoms in total. The van der Waals surface area contributed by atoms with Crippen molar-refractivity contribution < 1.29 is 14.7 Å². The van der Waals surface area contributed by atoms with Gasteiger partial charge in [0.25, 0.3) is 0 Å². The molecule has 1 aliphatic heterocycles. The van der Waals surface area contributed by atoms with Crippen LogP contribution in [0.5, 0.6) is 0 Å². The molecule has 1 fully saturated rings. The molecular weight excluding hydrogens is 318 g/mol. The minimum absolute atomic E-state index is 0.0372. The van der Waals surface area contributed by atoms with Crippen LogP contribution in [0.2, 0.25) is 0 Å². The molecule has 0 bridgehead atoms. The Labute approximate surface area is 138 Å². The van der Waals surface area contributed by atoms with Crippen molar-refractivity contribution in [1.82, 2.24) is 4.90 Å². The second-order valence-corrected chi connectivity index (χ2v) is 6.57. The van der Waals surface area contributed by atoms with Crippen LogP contribution in [0.25, 0.3) is 0 Å². The summed E-state index contributed by atoms with van der Waals surface area (Å²) in [6, 6.07) is 9.59. The van der Waals surface area contributed by atoms with Crippen LogP contribution in [0.4, 0.5) is 0 Å². The number of hydrogen-bond acceptors (Lipinski definition) is 4. The molecule has 1 amide bonds. The first-order chi connectivity index (χ1) is 10.6. The van der Waals surface area contributed by atoms with Gasteiger partial charge in [-0.05, 0) is 18.6 Å². The van der Waals surface area contributed by atoms with Crippen LogP contribution in [0.3, 0.4) is 0 Å². The number of carboxylic acids is 1. The van der Waals surface area contributed by atoms with E-state index >= 15 is 0 Å². The number of hydrogen-bond donors (Lipinski definition) is 1. The van der Waals surface area contributed by atoms with E-state index in [4.69, 9.17) is 17.3 Å². The highest BCUT2D eigenvalue weighted by Gasteiger charge is 2.35. The van der Waals surface area contributed by atoms with Gasteiger partial charge in [-0.2, -0.15) is 0 Å². The van der Waals surface area contributed by atoms with E-state index in [1.54, 1.807) is 0 Å². The van der Waals surface area contributed by atoms with Gasteiger partial charge in [0.05, 0.1) is 0 Å². The summed E-state index contributed by atoms with van der Waals surface area (Å²) in [5.74, 6) is 5.11. The van der Waals surface area contributed by atoms with Crippen molar-refractivity contribution in [3.8, 4) is 11.8 Å². The third kappa shape index (κ3) is 4.58. The molecule has 0 saturated carbocycles. The Bertz CT molecular complexity index is 634. The standard InChI is InChI=1S/C16H15NO3S2/c18-14(19)10-5-11-17-15(20)13(22-16(17)21)9-4-8-12-6-2-1-3-7-12/h1-3,6-7,13H,5,9-11H2,(H,18,19). The molecule has 6 heteroatoms. The maximum Gasteiger partial charge on any atom is 0.303 e. The SMILES string of the molecule is O=C(O)CCCN1C(=O)C(CC#Cc2ccccc2)SC1=S. The molecule has 0 radical (unpaired) electrons. The number of rotatable bonds is 5. The Morgan fingerprint density at radius 3 is 2.77 bits per heavy atom. The summed E-state index contributed by atoms with van der Waals surface area (Å²) in [4.78, 5) is 24.3. The summed E-state index contributed by atoms with van der Waals surface area (Å²) in [7, 11) is 0. The van der Waals surface area contributed by atoms with E-state index in [0.29, 0.717) is 23.7 Å². The van der Waals surface area contributed by atoms with Crippen molar-refractivity contribution >= 4 is 40.2 Å². The van der Waals surface area contributed by atoms with Crippen molar-refractivity contribution in [2.75, 3.05) is 6.54 Å². The van der Waals surface area contributed by atoms with Crippen LogP contribution in [0.15, 0.2) is 30.3 Å². The summed E-state index contributed by atoms with van der Waals surface area (Å²) >= 11 is 6.52. The van der Waals surface area contributed by atoms with Gasteiger partial charge >= 0.3 is 5.97 Å². The van der Waals surface area contributed by atoms with Gasteiger partial charge in [-0.1, -0.05) is 54.0 Å². The van der Waals surface area contributed by atoms with Gasteiger partial charge in [0.15, 0.2) is 0 Å². The fourth-order valence-corrected chi connectivity index (χ4v) is 3.46. The van der Waals surface area contributed by atoms with E-state index in [9.17, 15) is 9.59 Å². The van der Waals surface area contributed by atoms with Crippen LogP contribution < -0.4 is 0 Å². The minimum atomic E-state index is -0.865. The van der Waals surface area contributed by atoms with Gasteiger partial charge in [-0.3, -0.25) is 14.5 Å². The van der Waals surface area contributed by atoms with E-state index in [-0.39, 0.29) is 17.6 Å². The molecular formula is C16H15NO3S2.